The van der Waals surface area contributed by atoms with E-state index in [-0.39, 0.29) is 11.5 Å². The van der Waals surface area contributed by atoms with E-state index in [2.05, 4.69) is 26.1 Å². The molecule has 1 aliphatic rings. The Morgan fingerprint density at radius 3 is 2.71 bits per heavy atom. The molecule has 0 heterocycles. The second kappa shape index (κ2) is 6.39. The van der Waals surface area contributed by atoms with Gasteiger partial charge in [0.2, 0.25) is 0 Å². The number of unbranched alkanes of at least 4 members (excludes halogenated alkanes) is 1. The summed E-state index contributed by atoms with van der Waals surface area (Å²) in [6, 6.07) is -0.00784. The van der Waals surface area contributed by atoms with Gasteiger partial charge in [0.1, 0.15) is 6.04 Å². The van der Waals surface area contributed by atoms with Crippen LogP contribution in [0, 0.1) is 5.41 Å². The molecule has 0 aromatic heterocycles. The van der Waals surface area contributed by atoms with Crippen molar-refractivity contribution in [1.29, 1.82) is 0 Å². The molecule has 17 heavy (non-hydrogen) atoms. The predicted octanol–water partition coefficient (Wildman–Crippen LogP) is 3.19. The van der Waals surface area contributed by atoms with Crippen LogP contribution in [0.15, 0.2) is 0 Å². The molecule has 2 unspecified atom stereocenters. The Balaban J connectivity index is 2.55. The minimum atomic E-state index is -0.695. The van der Waals surface area contributed by atoms with E-state index in [4.69, 9.17) is 0 Å². The summed E-state index contributed by atoms with van der Waals surface area (Å²) in [7, 11) is 0. The average Bonchev–Trinajstić information content (AvgIpc) is 2.25. The number of carboxylic acids is 1. The van der Waals surface area contributed by atoms with Crippen molar-refractivity contribution < 1.29 is 9.90 Å². The molecule has 0 aromatic carbocycles. The molecule has 0 aliphatic heterocycles. The molecule has 0 amide bonds. The molecule has 100 valence electrons. The van der Waals surface area contributed by atoms with E-state index >= 15 is 0 Å². The first-order valence-electron chi connectivity index (χ1n) is 6.96. The lowest BCUT2D eigenvalue weighted by atomic mass is 9.73. The van der Waals surface area contributed by atoms with E-state index in [9.17, 15) is 9.90 Å². The summed E-state index contributed by atoms with van der Waals surface area (Å²) in [4.78, 5) is 11.2. The molecule has 1 saturated carbocycles. The summed E-state index contributed by atoms with van der Waals surface area (Å²) in [5.41, 5.74) is 0.234. The van der Waals surface area contributed by atoms with E-state index in [1.54, 1.807) is 0 Å². The minimum Gasteiger partial charge on any atom is -0.480 e. The Bertz CT molecular complexity index is 251. The van der Waals surface area contributed by atoms with Crippen molar-refractivity contribution in [2.24, 2.45) is 5.41 Å². The lowest BCUT2D eigenvalue weighted by Gasteiger charge is -2.40. The van der Waals surface area contributed by atoms with Crippen LogP contribution in [0.25, 0.3) is 0 Å². The molecular weight excluding hydrogens is 214 g/mol. The topological polar surface area (TPSA) is 49.3 Å². The van der Waals surface area contributed by atoms with Crippen molar-refractivity contribution in [3.63, 3.8) is 0 Å². The van der Waals surface area contributed by atoms with Gasteiger partial charge in [0, 0.05) is 6.04 Å². The lowest BCUT2D eigenvalue weighted by Crippen LogP contribution is -2.51. The number of carbonyl (C=O) groups is 1. The van der Waals surface area contributed by atoms with Crippen molar-refractivity contribution >= 4 is 5.97 Å². The van der Waals surface area contributed by atoms with Crippen LogP contribution in [0.1, 0.15) is 65.7 Å². The molecule has 0 radical (unpaired) electrons. The second-order valence-electron chi connectivity index (χ2n) is 5.99. The predicted molar refractivity (Wildman–Crippen MR) is 70.1 cm³/mol. The first-order valence-corrected chi connectivity index (χ1v) is 6.96. The Hall–Kier alpha value is -0.570. The highest BCUT2D eigenvalue weighted by Gasteiger charge is 2.34. The largest absolute Gasteiger partial charge is 0.480 e. The normalized spacial score (nSPS) is 25.5. The van der Waals surface area contributed by atoms with Gasteiger partial charge in [0.05, 0.1) is 0 Å². The third kappa shape index (κ3) is 4.30. The van der Waals surface area contributed by atoms with Crippen LogP contribution >= 0.6 is 0 Å². The first kappa shape index (κ1) is 14.5. The number of hydrogen-bond donors (Lipinski definition) is 2. The van der Waals surface area contributed by atoms with Crippen molar-refractivity contribution in [3.8, 4) is 0 Å². The standard InChI is InChI=1S/C14H27NO2/c1-4-5-8-11(13(16)17)15-12-9-6-7-10-14(12,2)3/h11-12,15H,4-10H2,1-3H3,(H,16,17). The quantitative estimate of drug-likeness (QED) is 0.751. The monoisotopic (exact) mass is 241 g/mol. The molecule has 0 aromatic rings. The van der Waals surface area contributed by atoms with Crippen molar-refractivity contribution in [2.75, 3.05) is 0 Å². The van der Waals surface area contributed by atoms with Gasteiger partial charge in [0.15, 0.2) is 0 Å². The highest BCUT2D eigenvalue weighted by Crippen LogP contribution is 2.35. The van der Waals surface area contributed by atoms with Crippen LogP contribution < -0.4 is 5.32 Å². The van der Waals surface area contributed by atoms with E-state index in [0.29, 0.717) is 6.04 Å². The van der Waals surface area contributed by atoms with Crippen LogP contribution in [0.3, 0.4) is 0 Å². The van der Waals surface area contributed by atoms with Gasteiger partial charge >= 0.3 is 5.97 Å². The zero-order valence-electron chi connectivity index (χ0n) is 11.5. The number of rotatable bonds is 6. The summed E-state index contributed by atoms with van der Waals surface area (Å²) >= 11 is 0. The highest BCUT2D eigenvalue weighted by molar-refractivity contribution is 5.73. The van der Waals surface area contributed by atoms with Gasteiger partial charge in [-0.3, -0.25) is 4.79 Å². The molecule has 1 aliphatic carbocycles. The summed E-state index contributed by atoms with van der Waals surface area (Å²) in [5.74, 6) is -0.695. The van der Waals surface area contributed by atoms with Crippen molar-refractivity contribution in [1.82, 2.24) is 5.32 Å². The Morgan fingerprint density at radius 1 is 1.47 bits per heavy atom. The zero-order chi connectivity index (χ0) is 12.9. The van der Waals surface area contributed by atoms with Gasteiger partial charge in [-0.25, -0.2) is 0 Å². The van der Waals surface area contributed by atoms with Gasteiger partial charge in [-0.15, -0.1) is 0 Å². The van der Waals surface area contributed by atoms with Gasteiger partial charge in [-0.2, -0.15) is 0 Å². The zero-order valence-corrected chi connectivity index (χ0v) is 11.5. The summed E-state index contributed by atoms with van der Waals surface area (Å²) < 4.78 is 0. The van der Waals surface area contributed by atoms with Crippen LogP contribution in [0.4, 0.5) is 0 Å². The Labute approximate surface area is 105 Å². The fourth-order valence-corrected chi connectivity index (χ4v) is 2.73. The van der Waals surface area contributed by atoms with E-state index in [0.717, 1.165) is 25.7 Å². The van der Waals surface area contributed by atoms with Crippen molar-refractivity contribution in [3.05, 3.63) is 0 Å². The maximum Gasteiger partial charge on any atom is 0.320 e. The van der Waals surface area contributed by atoms with Crippen LogP contribution in [-0.2, 0) is 4.79 Å². The first-order chi connectivity index (χ1) is 7.97. The molecule has 3 heteroatoms. The minimum absolute atomic E-state index is 0.234. The number of nitrogens with one attached hydrogen (secondary N) is 1. The molecule has 1 rings (SSSR count). The van der Waals surface area contributed by atoms with E-state index in [1.165, 1.54) is 19.3 Å². The van der Waals surface area contributed by atoms with Crippen LogP contribution in [-0.4, -0.2) is 23.2 Å². The van der Waals surface area contributed by atoms with Crippen LogP contribution in [0.5, 0.6) is 0 Å². The summed E-state index contributed by atoms with van der Waals surface area (Å²) in [6.07, 6.45) is 7.60. The van der Waals surface area contributed by atoms with Gasteiger partial charge in [-0.05, 0) is 24.7 Å². The van der Waals surface area contributed by atoms with Gasteiger partial charge < -0.3 is 10.4 Å². The number of carboxylic acid groups (broad SMARTS) is 1. The average molecular weight is 241 g/mol. The molecule has 2 N–H and O–H groups in total. The fraction of sp³-hybridized carbons (Fsp3) is 0.929. The van der Waals surface area contributed by atoms with Crippen molar-refractivity contribution in [2.45, 2.75) is 77.8 Å². The maximum absolute atomic E-state index is 11.2. The Morgan fingerprint density at radius 2 is 2.18 bits per heavy atom. The smallest absolute Gasteiger partial charge is 0.320 e. The van der Waals surface area contributed by atoms with E-state index < -0.39 is 5.97 Å². The molecular formula is C14H27NO2. The SMILES string of the molecule is CCCCC(NC1CCCCC1(C)C)C(=O)O. The highest BCUT2D eigenvalue weighted by atomic mass is 16.4. The molecule has 0 spiro atoms. The molecule has 1 fully saturated rings. The summed E-state index contributed by atoms with van der Waals surface area (Å²) in [5, 5.41) is 12.6. The molecule has 0 saturated heterocycles. The third-order valence-corrected chi connectivity index (χ3v) is 4.05. The lowest BCUT2D eigenvalue weighted by molar-refractivity contribution is -0.140. The summed E-state index contributed by atoms with van der Waals surface area (Å²) in [6.45, 7) is 6.61. The number of aliphatic carboxylic acids is 1. The van der Waals surface area contributed by atoms with Gasteiger partial charge in [0.25, 0.3) is 0 Å². The number of hydrogen-bond acceptors (Lipinski definition) is 2. The Kier molecular flexibility index (Phi) is 5.44. The maximum atomic E-state index is 11.2. The third-order valence-electron chi connectivity index (χ3n) is 4.05. The molecule has 3 nitrogen and oxygen atoms in total. The molecule has 2 atom stereocenters. The van der Waals surface area contributed by atoms with Crippen LogP contribution in [0.2, 0.25) is 0 Å². The second-order valence-corrected chi connectivity index (χ2v) is 5.99. The van der Waals surface area contributed by atoms with E-state index in [1.807, 2.05) is 0 Å². The molecule has 0 bridgehead atoms. The fourth-order valence-electron chi connectivity index (χ4n) is 2.73. The van der Waals surface area contributed by atoms with Gasteiger partial charge in [-0.1, -0.05) is 46.5 Å².